The van der Waals surface area contributed by atoms with E-state index in [1.807, 2.05) is 43.9 Å². The van der Waals surface area contributed by atoms with Crippen molar-refractivity contribution in [3.05, 3.63) is 65.2 Å². The highest BCUT2D eigenvalue weighted by Crippen LogP contribution is 2.53. The number of ether oxygens (including phenoxy) is 1. The number of likely N-dealkylation sites (tertiary alicyclic amines) is 1. The Labute approximate surface area is 296 Å². The third-order valence-corrected chi connectivity index (χ3v) is 12.2. The molecule has 51 heavy (non-hydrogen) atoms. The van der Waals surface area contributed by atoms with E-state index in [1.165, 1.54) is 35.2 Å². The Morgan fingerprint density at radius 3 is 2.29 bits per heavy atom. The van der Waals surface area contributed by atoms with Crippen LogP contribution in [0.2, 0.25) is 0 Å². The van der Waals surface area contributed by atoms with E-state index in [-0.39, 0.29) is 40.2 Å². The fourth-order valence-corrected chi connectivity index (χ4v) is 8.76. The second kappa shape index (κ2) is 13.4. The highest BCUT2D eigenvalue weighted by atomic mass is 32.2. The van der Waals surface area contributed by atoms with Crippen molar-refractivity contribution in [2.75, 3.05) is 24.4 Å². The lowest BCUT2D eigenvalue weighted by Gasteiger charge is -2.56. The van der Waals surface area contributed by atoms with Crippen molar-refractivity contribution in [1.29, 1.82) is 0 Å². The number of fused-ring (bicyclic) bond motifs is 4. The third kappa shape index (κ3) is 7.29. The lowest BCUT2D eigenvalue weighted by Crippen LogP contribution is -2.61. The van der Waals surface area contributed by atoms with Gasteiger partial charge in [0.25, 0.3) is 15.9 Å². The molecule has 10 nitrogen and oxygen atoms in total. The van der Waals surface area contributed by atoms with Gasteiger partial charge in [-0.15, -0.1) is 0 Å². The van der Waals surface area contributed by atoms with Crippen LogP contribution in [0.1, 0.15) is 80.8 Å². The summed E-state index contributed by atoms with van der Waals surface area (Å²) in [5.41, 5.74) is 0.501. The van der Waals surface area contributed by atoms with Gasteiger partial charge in [0, 0.05) is 42.7 Å². The molecule has 1 N–H and O–H groups in total. The molecule has 1 atom stereocenters. The first-order valence-corrected chi connectivity index (χ1v) is 18.8. The number of sulfonamides is 1. The van der Waals surface area contributed by atoms with Crippen molar-refractivity contribution >= 4 is 27.8 Å². The highest BCUT2D eigenvalue weighted by molar-refractivity contribution is 7.92. The third-order valence-electron chi connectivity index (χ3n) is 10.8. The molecule has 274 valence electrons. The Bertz CT molecular complexity index is 1910. The van der Waals surface area contributed by atoms with Crippen LogP contribution >= 0.6 is 0 Å². The zero-order valence-electron chi connectivity index (χ0n) is 29.5. The van der Waals surface area contributed by atoms with Crippen LogP contribution in [0.25, 0.3) is 11.3 Å². The number of piperidine rings is 1. The van der Waals surface area contributed by atoms with E-state index in [1.54, 1.807) is 0 Å². The molecule has 2 fully saturated rings. The maximum absolute atomic E-state index is 14.5. The van der Waals surface area contributed by atoms with Crippen molar-refractivity contribution < 1.29 is 35.9 Å². The average Bonchev–Trinajstić information content (AvgIpc) is 3.05. The van der Waals surface area contributed by atoms with E-state index >= 15 is 0 Å². The first-order valence-electron chi connectivity index (χ1n) is 17.3. The maximum Gasteiger partial charge on any atom is 0.394 e. The number of hydrogen-bond donors (Lipinski definition) is 1. The van der Waals surface area contributed by atoms with Gasteiger partial charge in [-0.05, 0) is 80.7 Å². The second-order valence-corrected chi connectivity index (χ2v) is 16.6. The van der Waals surface area contributed by atoms with E-state index in [0.717, 1.165) is 43.4 Å². The van der Waals surface area contributed by atoms with Gasteiger partial charge >= 0.3 is 6.18 Å². The van der Waals surface area contributed by atoms with Crippen LogP contribution < -0.4 is 9.46 Å². The zero-order chi connectivity index (χ0) is 36.9. The number of rotatable bonds is 5. The Morgan fingerprint density at radius 2 is 1.67 bits per heavy atom. The van der Waals surface area contributed by atoms with Gasteiger partial charge in [0.2, 0.25) is 17.7 Å². The first-order chi connectivity index (χ1) is 23.9. The number of hydrogen-bond acceptors (Lipinski definition) is 7. The number of alkyl halides is 3. The number of carbonyl (C=O) groups is 2. The van der Waals surface area contributed by atoms with Gasteiger partial charge in [0.15, 0.2) is 0 Å². The quantitative estimate of drug-likeness (QED) is 0.303. The fraction of sp³-hybridized carbons (Fsp3) is 0.514. The molecule has 0 radical (unpaired) electrons. The largest absolute Gasteiger partial charge is 0.475 e. The number of aromatic nitrogens is 2. The molecule has 1 saturated carbocycles. The number of anilines is 1. The van der Waals surface area contributed by atoms with Gasteiger partial charge in [-0.25, -0.2) is 18.1 Å². The Hall–Kier alpha value is -4.20. The normalized spacial score (nSPS) is 20.7. The Balaban J connectivity index is 1.44. The predicted octanol–water partition coefficient (Wildman–Crippen LogP) is 6.92. The molecule has 1 spiro atoms. The molecule has 1 saturated heterocycles. The molecular weight excluding hydrogens is 683 g/mol. The molecule has 1 aliphatic carbocycles. The molecule has 2 aliphatic heterocycles. The topological polar surface area (TPSA) is 122 Å². The van der Waals surface area contributed by atoms with Crippen LogP contribution in [0.4, 0.5) is 19.1 Å². The van der Waals surface area contributed by atoms with Crippen LogP contribution in [-0.4, -0.2) is 78.0 Å². The second-order valence-electron chi connectivity index (χ2n) is 14.9. The molecule has 4 bridgehead atoms. The summed E-state index contributed by atoms with van der Waals surface area (Å²) < 4.78 is 79.5. The molecule has 14 heteroatoms. The van der Waals surface area contributed by atoms with Crippen molar-refractivity contribution in [3.8, 4) is 17.1 Å². The number of nitrogens with one attached hydrogen (secondary N) is 1. The van der Waals surface area contributed by atoms with Gasteiger partial charge in [-0.3, -0.25) is 9.59 Å². The summed E-state index contributed by atoms with van der Waals surface area (Å²) in [7, 11) is -4.31. The van der Waals surface area contributed by atoms with Crippen LogP contribution in [0.5, 0.6) is 5.88 Å². The minimum Gasteiger partial charge on any atom is -0.475 e. The summed E-state index contributed by atoms with van der Waals surface area (Å²) >= 11 is 0. The maximum atomic E-state index is 14.5. The Kier molecular flexibility index (Phi) is 9.62. The van der Waals surface area contributed by atoms with Crippen LogP contribution in [-0.2, 0) is 14.8 Å². The van der Waals surface area contributed by atoms with Crippen molar-refractivity contribution in [2.24, 2.45) is 10.8 Å². The van der Waals surface area contributed by atoms with Gasteiger partial charge in [-0.1, -0.05) is 45.0 Å². The SMILES string of the molecule is CCC(=O)N1CCC2(CC1)CC(N1C(=O)c3cccc(c3)S(=O)(=O)Nc3nc(cc(-c4c(C)cccc4C)n3)OC[C@H]1CC(C)(C)C(F)(F)F)C2. The van der Waals surface area contributed by atoms with Gasteiger partial charge in [0.05, 0.1) is 22.0 Å². The summed E-state index contributed by atoms with van der Waals surface area (Å²) in [4.78, 5) is 38.9. The zero-order valence-corrected chi connectivity index (χ0v) is 30.3. The van der Waals surface area contributed by atoms with Crippen molar-refractivity contribution in [3.63, 3.8) is 0 Å². The highest BCUT2D eigenvalue weighted by Gasteiger charge is 2.54. The summed E-state index contributed by atoms with van der Waals surface area (Å²) in [6.07, 6.45) is -2.08. The number of benzene rings is 2. The van der Waals surface area contributed by atoms with Crippen LogP contribution in [0.15, 0.2) is 53.4 Å². The molecule has 3 aliphatic rings. The predicted molar refractivity (Wildman–Crippen MR) is 186 cm³/mol. The Morgan fingerprint density at radius 1 is 1.02 bits per heavy atom. The molecule has 0 unspecified atom stereocenters. The number of carbonyl (C=O) groups excluding carboxylic acids is 2. The van der Waals surface area contributed by atoms with E-state index in [4.69, 9.17) is 4.74 Å². The van der Waals surface area contributed by atoms with Crippen molar-refractivity contribution in [1.82, 2.24) is 19.8 Å². The number of halogens is 3. The van der Waals surface area contributed by atoms with E-state index in [9.17, 15) is 31.2 Å². The molecule has 6 rings (SSSR count). The molecular formula is C37H44F3N5O5S. The number of amides is 2. The average molecular weight is 728 g/mol. The van der Waals surface area contributed by atoms with E-state index in [0.29, 0.717) is 38.0 Å². The van der Waals surface area contributed by atoms with Gasteiger partial charge in [0.1, 0.15) is 6.61 Å². The lowest BCUT2D eigenvalue weighted by atomic mass is 9.59. The number of nitrogens with zero attached hydrogens (tertiary/aromatic N) is 4. The van der Waals surface area contributed by atoms with Gasteiger partial charge < -0.3 is 14.5 Å². The fourth-order valence-electron chi connectivity index (χ4n) is 7.77. The smallest absolute Gasteiger partial charge is 0.394 e. The minimum atomic E-state index is -4.59. The summed E-state index contributed by atoms with van der Waals surface area (Å²) in [6.45, 7) is 8.67. The van der Waals surface area contributed by atoms with Crippen molar-refractivity contribution in [2.45, 2.75) is 96.3 Å². The molecule has 2 aromatic carbocycles. The van der Waals surface area contributed by atoms with E-state index < -0.39 is 46.0 Å². The molecule has 1 aromatic heterocycles. The van der Waals surface area contributed by atoms with Gasteiger partial charge in [-0.2, -0.15) is 18.2 Å². The first kappa shape index (κ1) is 36.6. The molecule has 2 amide bonds. The minimum absolute atomic E-state index is 0.0279. The standard InChI is InChI=1S/C37H44F3N5O5S/c1-6-31(46)44-15-13-36(14-16-44)20-26(21-36)45-27(19-35(4,5)37(38,39)40)22-50-30-18-29(32-23(2)9-7-10-24(32)3)41-34(42-30)43-51(48,49)28-12-8-11-25(17-28)33(45)47/h7-12,17-18,26-27H,6,13-16,19-22H2,1-5H3,(H,41,42,43)/t27-/m1/s1. The van der Waals surface area contributed by atoms with Crippen LogP contribution in [0.3, 0.4) is 0 Å². The number of aryl methyl sites for hydroxylation is 2. The van der Waals surface area contributed by atoms with E-state index in [2.05, 4.69) is 14.7 Å². The summed E-state index contributed by atoms with van der Waals surface area (Å²) in [5, 5.41) is 0. The van der Waals surface area contributed by atoms with Crippen LogP contribution in [0, 0.1) is 24.7 Å². The lowest BCUT2D eigenvalue weighted by molar-refractivity contribution is -0.219. The summed E-state index contributed by atoms with van der Waals surface area (Å²) in [6, 6.07) is 11.2. The monoisotopic (exact) mass is 727 g/mol. The summed E-state index contributed by atoms with van der Waals surface area (Å²) in [5.74, 6) is -0.824. The molecule has 3 heterocycles. The molecule has 3 aromatic rings.